The Kier molecular flexibility index (Phi) is 3.88. The second-order valence-electron chi connectivity index (χ2n) is 5.70. The molecule has 0 fully saturated rings. The molecule has 1 unspecified atom stereocenters. The maximum Gasteiger partial charge on any atom is 0.123 e. The van der Waals surface area contributed by atoms with Crippen LogP contribution in [0.15, 0.2) is 52.9 Å². The third kappa shape index (κ3) is 2.59. The van der Waals surface area contributed by atoms with Gasteiger partial charge in [-0.25, -0.2) is 4.39 Å². The summed E-state index contributed by atoms with van der Waals surface area (Å²) in [5.74, 6) is 3.89. The first kappa shape index (κ1) is 15.0. The number of allylic oxidation sites excluding steroid dienone is 3. The lowest BCUT2D eigenvalue weighted by Crippen LogP contribution is -1.85. The number of halogens is 1. The van der Waals surface area contributed by atoms with Crippen molar-refractivity contribution in [1.82, 2.24) is 0 Å². The number of hydrogen-bond donors (Lipinski definition) is 0. The highest BCUT2D eigenvalue weighted by molar-refractivity contribution is 8.13. The molecule has 1 atom stereocenters. The minimum Gasteiger partial charge on any atom is -0.207 e. The van der Waals surface area contributed by atoms with Gasteiger partial charge in [-0.3, -0.25) is 0 Å². The first-order valence-electron chi connectivity index (χ1n) is 7.23. The molecule has 0 bridgehead atoms. The number of benzene rings is 2. The van der Waals surface area contributed by atoms with Gasteiger partial charge in [0.15, 0.2) is 0 Å². The first-order valence-corrected chi connectivity index (χ1v) is 9.03. The average Bonchev–Trinajstić information content (AvgIpc) is 2.73. The fourth-order valence-electron chi connectivity index (χ4n) is 2.82. The predicted octanol–water partition coefficient (Wildman–Crippen LogP) is 5.86. The molecule has 1 aliphatic carbocycles. The summed E-state index contributed by atoms with van der Waals surface area (Å²) < 4.78 is 13.5. The second-order valence-corrected chi connectivity index (χ2v) is 7.45. The van der Waals surface area contributed by atoms with E-state index in [0.29, 0.717) is 0 Å². The summed E-state index contributed by atoms with van der Waals surface area (Å²) in [7, 11) is 0.0356. The van der Waals surface area contributed by atoms with E-state index in [1.54, 1.807) is 6.07 Å². The van der Waals surface area contributed by atoms with Crippen LogP contribution in [0.25, 0.3) is 17.2 Å². The van der Waals surface area contributed by atoms with E-state index in [0.717, 1.165) is 22.3 Å². The molecule has 0 spiro atoms. The van der Waals surface area contributed by atoms with E-state index in [1.807, 2.05) is 6.07 Å². The highest BCUT2D eigenvalue weighted by Crippen LogP contribution is 2.42. The molecule has 0 N–H and O–H groups in total. The maximum atomic E-state index is 13.5. The predicted molar refractivity (Wildman–Crippen MR) is 97.9 cm³/mol. The average molecular weight is 310 g/mol. The van der Waals surface area contributed by atoms with Gasteiger partial charge in [-0.15, -0.1) is 0 Å². The summed E-state index contributed by atoms with van der Waals surface area (Å²) in [6.07, 6.45) is 4.30. The molecule has 112 valence electrons. The lowest BCUT2D eigenvalue weighted by molar-refractivity contribution is 0.627. The molecule has 0 saturated heterocycles. The van der Waals surface area contributed by atoms with E-state index in [-0.39, 0.29) is 16.3 Å². The van der Waals surface area contributed by atoms with Gasteiger partial charge in [-0.05, 0) is 83.9 Å². The largest absolute Gasteiger partial charge is 0.207 e. The SMILES string of the molecule is C=S(C)c1ccc(/C=C2/C(C)=C(C)c3cc(F)ccc32)cc1. The van der Waals surface area contributed by atoms with E-state index in [1.165, 1.54) is 22.1 Å². The van der Waals surface area contributed by atoms with Gasteiger partial charge in [0.05, 0.1) is 0 Å². The fourth-order valence-corrected chi connectivity index (χ4v) is 3.42. The molecule has 0 nitrogen and oxygen atoms in total. The van der Waals surface area contributed by atoms with Crippen molar-refractivity contribution < 1.29 is 4.39 Å². The third-order valence-corrected chi connectivity index (χ3v) is 5.31. The van der Waals surface area contributed by atoms with Crippen molar-refractivity contribution in [2.75, 3.05) is 6.26 Å². The lowest BCUT2D eigenvalue weighted by atomic mass is 10.0. The van der Waals surface area contributed by atoms with E-state index < -0.39 is 0 Å². The Hall–Kier alpha value is -1.93. The van der Waals surface area contributed by atoms with E-state index in [2.05, 4.69) is 56.3 Å². The number of hydrogen-bond acceptors (Lipinski definition) is 0. The molecule has 2 aromatic rings. The molecule has 0 aromatic heterocycles. The van der Waals surface area contributed by atoms with Crippen LogP contribution in [0.2, 0.25) is 0 Å². The van der Waals surface area contributed by atoms with Gasteiger partial charge in [0, 0.05) is 4.90 Å². The van der Waals surface area contributed by atoms with Crippen LogP contribution in [0.5, 0.6) is 0 Å². The van der Waals surface area contributed by atoms with Gasteiger partial charge in [0.1, 0.15) is 5.82 Å². The summed E-state index contributed by atoms with van der Waals surface area (Å²) in [4.78, 5) is 1.26. The maximum absolute atomic E-state index is 13.5. The molecule has 2 aromatic carbocycles. The summed E-state index contributed by atoms with van der Waals surface area (Å²) in [5, 5.41) is 0. The molecule has 0 aliphatic heterocycles. The van der Waals surface area contributed by atoms with Crippen molar-refractivity contribution in [1.29, 1.82) is 0 Å². The monoisotopic (exact) mass is 310 g/mol. The van der Waals surface area contributed by atoms with Crippen LogP contribution >= 0.6 is 10.5 Å². The van der Waals surface area contributed by atoms with Crippen LogP contribution in [0.3, 0.4) is 0 Å². The first-order chi connectivity index (χ1) is 10.5. The third-order valence-electron chi connectivity index (χ3n) is 4.24. The van der Waals surface area contributed by atoms with Crippen LogP contribution < -0.4 is 0 Å². The number of fused-ring (bicyclic) bond motifs is 1. The highest BCUT2D eigenvalue weighted by Gasteiger charge is 2.21. The highest BCUT2D eigenvalue weighted by atomic mass is 32.2. The summed E-state index contributed by atoms with van der Waals surface area (Å²) in [5.41, 5.74) is 6.85. The van der Waals surface area contributed by atoms with Gasteiger partial charge >= 0.3 is 0 Å². The van der Waals surface area contributed by atoms with Gasteiger partial charge in [-0.2, -0.15) is 10.5 Å². The Morgan fingerprint density at radius 1 is 0.955 bits per heavy atom. The van der Waals surface area contributed by atoms with Crippen molar-refractivity contribution in [2.24, 2.45) is 0 Å². The van der Waals surface area contributed by atoms with Crippen molar-refractivity contribution in [3.05, 3.63) is 70.5 Å². The zero-order valence-corrected chi connectivity index (χ0v) is 13.9. The van der Waals surface area contributed by atoms with Crippen LogP contribution in [0.4, 0.5) is 4.39 Å². The molecule has 0 radical (unpaired) electrons. The molecule has 0 heterocycles. The zero-order valence-electron chi connectivity index (χ0n) is 13.1. The van der Waals surface area contributed by atoms with E-state index in [4.69, 9.17) is 0 Å². The van der Waals surface area contributed by atoms with Gasteiger partial charge in [-0.1, -0.05) is 24.1 Å². The van der Waals surface area contributed by atoms with Crippen molar-refractivity contribution in [3.8, 4) is 0 Å². The molecule has 1 aliphatic rings. The van der Waals surface area contributed by atoms with Crippen molar-refractivity contribution in [3.63, 3.8) is 0 Å². The molecule has 0 amide bonds. The minimum atomic E-state index is -0.179. The fraction of sp³-hybridized carbons (Fsp3) is 0.150. The van der Waals surface area contributed by atoms with Gasteiger partial charge in [0.2, 0.25) is 0 Å². The summed E-state index contributed by atoms with van der Waals surface area (Å²) in [6.45, 7) is 4.16. The van der Waals surface area contributed by atoms with Crippen LogP contribution in [-0.2, 0) is 0 Å². The molecule has 3 rings (SSSR count). The van der Waals surface area contributed by atoms with Gasteiger partial charge < -0.3 is 0 Å². The molecular weight excluding hydrogens is 291 g/mol. The Morgan fingerprint density at radius 2 is 1.64 bits per heavy atom. The normalized spacial score (nSPS) is 17.0. The Balaban J connectivity index is 2.07. The zero-order chi connectivity index (χ0) is 15.9. The minimum absolute atomic E-state index is 0.0356. The quantitative estimate of drug-likeness (QED) is 0.609. The second kappa shape index (κ2) is 5.69. The van der Waals surface area contributed by atoms with Crippen LogP contribution in [0, 0.1) is 5.82 Å². The Morgan fingerprint density at radius 3 is 2.27 bits per heavy atom. The summed E-state index contributed by atoms with van der Waals surface area (Å²) in [6, 6.07) is 13.6. The van der Waals surface area contributed by atoms with E-state index >= 15 is 0 Å². The Bertz CT molecular complexity index is 823. The van der Waals surface area contributed by atoms with Crippen LogP contribution in [-0.4, -0.2) is 12.1 Å². The van der Waals surface area contributed by atoms with Crippen LogP contribution in [0.1, 0.15) is 30.5 Å². The number of rotatable bonds is 2. The van der Waals surface area contributed by atoms with Crippen molar-refractivity contribution >= 4 is 33.6 Å². The summed E-state index contributed by atoms with van der Waals surface area (Å²) >= 11 is 0. The molecule has 22 heavy (non-hydrogen) atoms. The lowest BCUT2D eigenvalue weighted by Gasteiger charge is -2.06. The van der Waals surface area contributed by atoms with E-state index in [9.17, 15) is 4.39 Å². The molecular formula is C20H19FS. The Labute approximate surface area is 133 Å². The molecule has 2 heteroatoms. The van der Waals surface area contributed by atoms with Gasteiger partial charge in [0.25, 0.3) is 0 Å². The standard InChI is InChI=1S/C20H19FS/c1-13-14(2)20-12-16(21)7-10-18(20)19(13)11-15-5-8-17(9-6-15)22(3)4/h5-12H,3H2,1-2,4H3/b19-11-. The topological polar surface area (TPSA) is 0 Å². The smallest absolute Gasteiger partial charge is 0.123 e. The molecule has 0 saturated carbocycles. The van der Waals surface area contributed by atoms with Crippen molar-refractivity contribution in [2.45, 2.75) is 18.7 Å².